The zero-order chi connectivity index (χ0) is 14.7. The summed E-state index contributed by atoms with van der Waals surface area (Å²) in [6.45, 7) is 3.28. The van der Waals surface area contributed by atoms with Crippen LogP contribution >= 0.6 is 0 Å². The number of hydrogen-bond acceptors (Lipinski definition) is 4. The minimum absolute atomic E-state index is 0.0248. The van der Waals surface area contributed by atoms with Crippen molar-refractivity contribution in [3.8, 4) is 22.8 Å². The van der Waals surface area contributed by atoms with Crippen LogP contribution in [0, 0.1) is 0 Å². The number of hydrogen-bond donors (Lipinski definition) is 0. The Morgan fingerprint density at radius 2 is 2.24 bits per heavy atom. The van der Waals surface area contributed by atoms with E-state index in [1.165, 1.54) is 11.1 Å². The third-order valence-electron chi connectivity index (χ3n) is 3.49. The van der Waals surface area contributed by atoms with Crippen LogP contribution in [0.3, 0.4) is 0 Å². The van der Waals surface area contributed by atoms with Crippen LogP contribution in [0.1, 0.15) is 12.5 Å². The lowest BCUT2D eigenvalue weighted by atomic mass is 10.0. The molecule has 0 saturated carbocycles. The quantitative estimate of drug-likeness (QED) is 0.846. The molecular formula is C17H19NO3. The number of aromatic nitrogens is 1. The molecule has 21 heavy (non-hydrogen) atoms. The molecule has 1 aromatic heterocycles. The van der Waals surface area contributed by atoms with E-state index < -0.39 is 0 Å². The van der Waals surface area contributed by atoms with Crippen molar-refractivity contribution in [2.24, 2.45) is 0 Å². The van der Waals surface area contributed by atoms with Gasteiger partial charge in [-0.1, -0.05) is 12.1 Å². The predicted molar refractivity (Wildman–Crippen MR) is 80.8 cm³/mol. The first-order valence-corrected chi connectivity index (χ1v) is 7.14. The van der Waals surface area contributed by atoms with E-state index in [-0.39, 0.29) is 6.10 Å². The molecule has 4 nitrogen and oxygen atoms in total. The smallest absolute Gasteiger partial charge is 0.217 e. The molecule has 1 aliphatic rings. The summed E-state index contributed by atoms with van der Waals surface area (Å²) in [5.74, 6) is 1.60. The maximum atomic E-state index is 5.86. The van der Waals surface area contributed by atoms with E-state index in [9.17, 15) is 0 Å². The second-order valence-electron chi connectivity index (χ2n) is 5.15. The number of pyridine rings is 1. The molecule has 1 atom stereocenters. The molecule has 0 N–H and O–H groups in total. The number of methoxy groups -OCH3 is 1. The van der Waals surface area contributed by atoms with Gasteiger partial charge in [0.2, 0.25) is 5.88 Å². The zero-order valence-electron chi connectivity index (χ0n) is 12.3. The van der Waals surface area contributed by atoms with Gasteiger partial charge in [0.15, 0.2) is 0 Å². The SMILES string of the molecule is COCC(C)Oc1cccc(-c2ccnc3c2CCO3)c1. The van der Waals surface area contributed by atoms with Crippen LogP contribution in [0.2, 0.25) is 0 Å². The van der Waals surface area contributed by atoms with E-state index in [0.29, 0.717) is 13.2 Å². The van der Waals surface area contributed by atoms with Crippen LogP contribution in [0.15, 0.2) is 36.5 Å². The number of ether oxygens (including phenoxy) is 3. The maximum absolute atomic E-state index is 5.86. The zero-order valence-corrected chi connectivity index (χ0v) is 12.3. The van der Waals surface area contributed by atoms with Crippen LogP contribution in [0.5, 0.6) is 11.6 Å². The molecule has 3 rings (SSSR count). The van der Waals surface area contributed by atoms with Crippen LogP contribution in [0.25, 0.3) is 11.1 Å². The predicted octanol–water partition coefficient (Wildman–Crippen LogP) is 3.10. The Morgan fingerprint density at radius 3 is 3.10 bits per heavy atom. The van der Waals surface area contributed by atoms with Crippen molar-refractivity contribution in [2.75, 3.05) is 20.3 Å². The largest absolute Gasteiger partial charge is 0.488 e. The van der Waals surface area contributed by atoms with Gasteiger partial charge in [-0.25, -0.2) is 4.98 Å². The minimum atomic E-state index is 0.0248. The molecule has 1 aliphatic heterocycles. The third kappa shape index (κ3) is 3.00. The lowest BCUT2D eigenvalue weighted by molar-refractivity contribution is 0.0921. The Balaban J connectivity index is 1.88. The van der Waals surface area contributed by atoms with Crippen LogP contribution in [0.4, 0.5) is 0 Å². The van der Waals surface area contributed by atoms with Crippen LogP contribution in [-0.4, -0.2) is 31.4 Å². The van der Waals surface area contributed by atoms with Crippen molar-refractivity contribution >= 4 is 0 Å². The van der Waals surface area contributed by atoms with E-state index in [1.807, 2.05) is 25.1 Å². The molecule has 0 spiro atoms. The van der Waals surface area contributed by atoms with Crippen molar-refractivity contribution in [3.05, 3.63) is 42.1 Å². The van der Waals surface area contributed by atoms with Gasteiger partial charge in [0, 0.05) is 25.3 Å². The molecule has 0 fully saturated rings. The highest BCUT2D eigenvalue weighted by Gasteiger charge is 2.18. The molecule has 2 aromatic rings. The Bertz CT molecular complexity index is 627. The summed E-state index contributed by atoms with van der Waals surface area (Å²) in [7, 11) is 1.68. The average molecular weight is 285 g/mol. The molecule has 0 radical (unpaired) electrons. The molecular weight excluding hydrogens is 266 g/mol. The standard InChI is InChI=1S/C17H19NO3/c1-12(11-19-2)21-14-5-3-4-13(10-14)15-6-8-18-17-16(15)7-9-20-17/h3-6,8,10,12H,7,9,11H2,1-2H3. The molecule has 110 valence electrons. The van der Waals surface area contributed by atoms with E-state index in [0.717, 1.165) is 23.6 Å². The summed E-state index contributed by atoms with van der Waals surface area (Å²) in [6, 6.07) is 10.1. The first-order chi connectivity index (χ1) is 10.3. The molecule has 4 heteroatoms. The summed E-state index contributed by atoms with van der Waals surface area (Å²) in [4.78, 5) is 4.27. The normalized spacial score (nSPS) is 14.4. The van der Waals surface area contributed by atoms with Gasteiger partial charge in [0.1, 0.15) is 11.9 Å². The van der Waals surface area contributed by atoms with E-state index >= 15 is 0 Å². The summed E-state index contributed by atoms with van der Waals surface area (Å²) in [5.41, 5.74) is 3.48. The summed E-state index contributed by atoms with van der Waals surface area (Å²) < 4.78 is 16.5. The number of fused-ring (bicyclic) bond motifs is 1. The minimum Gasteiger partial charge on any atom is -0.488 e. The highest BCUT2D eigenvalue weighted by atomic mass is 16.5. The number of rotatable bonds is 5. The Kier molecular flexibility index (Phi) is 4.06. The molecule has 1 aromatic carbocycles. The van der Waals surface area contributed by atoms with E-state index in [4.69, 9.17) is 14.2 Å². The van der Waals surface area contributed by atoms with Gasteiger partial charge < -0.3 is 14.2 Å². The molecule has 0 saturated heterocycles. The fourth-order valence-corrected chi connectivity index (χ4v) is 2.60. The van der Waals surface area contributed by atoms with Gasteiger partial charge in [-0.15, -0.1) is 0 Å². The van der Waals surface area contributed by atoms with E-state index in [1.54, 1.807) is 13.3 Å². The van der Waals surface area contributed by atoms with Crippen molar-refractivity contribution < 1.29 is 14.2 Å². The Hall–Kier alpha value is -2.07. The van der Waals surface area contributed by atoms with Gasteiger partial charge in [0.05, 0.1) is 13.2 Å². The van der Waals surface area contributed by atoms with Gasteiger partial charge >= 0.3 is 0 Å². The molecule has 2 heterocycles. The molecule has 0 bridgehead atoms. The van der Waals surface area contributed by atoms with Gasteiger partial charge in [-0.05, 0) is 36.2 Å². The lowest BCUT2D eigenvalue weighted by Crippen LogP contribution is -2.17. The average Bonchev–Trinajstić information content (AvgIpc) is 2.96. The van der Waals surface area contributed by atoms with Crippen molar-refractivity contribution in [1.82, 2.24) is 4.98 Å². The first-order valence-electron chi connectivity index (χ1n) is 7.14. The second kappa shape index (κ2) is 6.14. The first kappa shape index (κ1) is 13.9. The molecule has 0 aliphatic carbocycles. The van der Waals surface area contributed by atoms with Crippen molar-refractivity contribution in [2.45, 2.75) is 19.4 Å². The lowest BCUT2D eigenvalue weighted by Gasteiger charge is -2.15. The molecule has 0 amide bonds. The second-order valence-corrected chi connectivity index (χ2v) is 5.15. The van der Waals surface area contributed by atoms with Gasteiger partial charge in [-0.2, -0.15) is 0 Å². The van der Waals surface area contributed by atoms with E-state index in [2.05, 4.69) is 17.1 Å². The maximum Gasteiger partial charge on any atom is 0.217 e. The Labute approximate surface area is 124 Å². The van der Waals surface area contributed by atoms with Gasteiger partial charge in [0.25, 0.3) is 0 Å². The summed E-state index contributed by atoms with van der Waals surface area (Å²) in [5, 5.41) is 0. The Morgan fingerprint density at radius 1 is 1.33 bits per heavy atom. The van der Waals surface area contributed by atoms with Crippen LogP contribution in [-0.2, 0) is 11.2 Å². The van der Waals surface area contributed by atoms with Crippen LogP contribution < -0.4 is 9.47 Å². The highest BCUT2D eigenvalue weighted by Crippen LogP contribution is 2.34. The summed E-state index contributed by atoms with van der Waals surface area (Å²) >= 11 is 0. The summed E-state index contributed by atoms with van der Waals surface area (Å²) in [6.07, 6.45) is 2.72. The fourth-order valence-electron chi connectivity index (χ4n) is 2.60. The highest BCUT2D eigenvalue weighted by molar-refractivity contribution is 5.70. The molecule has 1 unspecified atom stereocenters. The fraction of sp³-hybridized carbons (Fsp3) is 0.353. The topological polar surface area (TPSA) is 40.6 Å². The van der Waals surface area contributed by atoms with Crippen molar-refractivity contribution in [1.29, 1.82) is 0 Å². The number of nitrogens with zero attached hydrogens (tertiary/aromatic N) is 1. The van der Waals surface area contributed by atoms with Crippen molar-refractivity contribution in [3.63, 3.8) is 0 Å². The third-order valence-corrected chi connectivity index (χ3v) is 3.49. The van der Waals surface area contributed by atoms with Gasteiger partial charge in [-0.3, -0.25) is 0 Å². The monoisotopic (exact) mass is 285 g/mol. The number of benzene rings is 1.